The van der Waals surface area contributed by atoms with E-state index in [9.17, 15) is 4.39 Å². The van der Waals surface area contributed by atoms with E-state index in [1.165, 1.54) is 12.1 Å². The highest BCUT2D eigenvalue weighted by Gasteiger charge is 2.01. The van der Waals surface area contributed by atoms with Crippen LogP contribution in [0.25, 0.3) is 16.5 Å². The topological polar surface area (TPSA) is 48.8 Å². The predicted octanol–water partition coefficient (Wildman–Crippen LogP) is 3.80. The van der Waals surface area contributed by atoms with Crippen molar-refractivity contribution in [2.75, 3.05) is 6.54 Å². The van der Waals surface area contributed by atoms with Gasteiger partial charge in [0.25, 0.3) is 0 Å². The summed E-state index contributed by atoms with van der Waals surface area (Å²) >= 11 is 5.56. The van der Waals surface area contributed by atoms with Crippen LogP contribution in [-0.2, 0) is 0 Å². The van der Waals surface area contributed by atoms with Gasteiger partial charge in [-0.3, -0.25) is 0 Å². The molecule has 1 aromatic rings. The third-order valence-electron chi connectivity index (χ3n) is 1.53. The van der Waals surface area contributed by atoms with Gasteiger partial charge < -0.3 is 0 Å². The Morgan fingerprint density at radius 1 is 1.57 bits per heavy atom. The molecule has 0 saturated carbocycles. The summed E-state index contributed by atoms with van der Waals surface area (Å²) in [5.74, 6) is -0.466. The maximum absolute atomic E-state index is 13.2. The van der Waals surface area contributed by atoms with Crippen molar-refractivity contribution in [3.05, 3.63) is 51.1 Å². The van der Waals surface area contributed by atoms with Crippen LogP contribution in [0, 0.1) is 5.82 Å². The highest BCUT2D eigenvalue weighted by molar-refractivity contribution is 6.30. The number of hydrogen-bond donors (Lipinski definition) is 0. The lowest BCUT2D eigenvalue weighted by Crippen LogP contribution is -1.82. The van der Waals surface area contributed by atoms with Crippen LogP contribution in [0.2, 0.25) is 5.02 Å². The fourth-order valence-electron chi connectivity index (χ4n) is 0.913. The zero-order valence-electron chi connectivity index (χ0n) is 7.19. The standard InChI is InChI=1S/C9H7ClFN3/c10-8-5-1-3-7(9(8)11)4-2-6-13-14-12/h1-5H,6H2. The zero-order valence-corrected chi connectivity index (χ0v) is 7.95. The number of hydrogen-bond acceptors (Lipinski definition) is 1. The van der Waals surface area contributed by atoms with Crippen LogP contribution >= 0.6 is 11.6 Å². The van der Waals surface area contributed by atoms with Crippen molar-refractivity contribution >= 4 is 17.7 Å². The number of azide groups is 1. The second-order valence-corrected chi connectivity index (χ2v) is 2.87. The van der Waals surface area contributed by atoms with Gasteiger partial charge in [0.2, 0.25) is 0 Å². The second kappa shape index (κ2) is 5.27. The van der Waals surface area contributed by atoms with Gasteiger partial charge in [-0.1, -0.05) is 41.0 Å². The van der Waals surface area contributed by atoms with E-state index in [1.54, 1.807) is 18.2 Å². The van der Waals surface area contributed by atoms with Crippen LogP contribution < -0.4 is 0 Å². The minimum absolute atomic E-state index is 0.0796. The lowest BCUT2D eigenvalue weighted by atomic mass is 10.2. The maximum Gasteiger partial charge on any atom is 0.148 e. The van der Waals surface area contributed by atoms with Gasteiger partial charge in [0, 0.05) is 17.0 Å². The second-order valence-electron chi connectivity index (χ2n) is 2.46. The summed E-state index contributed by atoms with van der Waals surface area (Å²) < 4.78 is 13.2. The van der Waals surface area contributed by atoms with Crippen LogP contribution in [0.15, 0.2) is 29.4 Å². The van der Waals surface area contributed by atoms with E-state index in [1.807, 2.05) is 0 Å². The predicted molar refractivity (Wildman–Crippen MR) is 54.5 cm³/mol. The third kappa shape index (κ3) is 2.76. The highest BCUT2D eigenvalue weighted by Crippen LogP contribution is 2.18. The molecule has 1 aromatic carbocycles. The third-order valence-corrected chi connectivity index (χ3v) is 1.82. The molecule has 0 atom stereocenters. The molecule has 0 aliphatic rings. The smallest absolute Gasteiger partial charge is 0.148 e. The summed E-state index contributed by atoms with van der Waals surface area (Å²) in [5, 5.41) is 3.36. The lowest BCUT2D eigenvalue weighted by molar-refractivity contribution is 0.625. The summed E-state index contributed by atoms with van der Waals surface area (Å²) in [4.78, 5) is 2.56. The van der Waals surface area contributed by atoms with E-state index in [4.69, 9.17) is 17.1 Å². The quantitative estimate of drug-likeness (QED) is 0.415. The van der Waals surface area contributed by atoms with Gasteiger partial charge in [0.15, 0.2) is 0 Å². The maximum atomic E-state index is 13.2. The van der Waals surface area contributed by atoms with Gasteiger partial charge in [-0.25, -0.2) is 4.39 Å². The molecule has 0 fully saturated rings. The Morgan fingerprint density at radius 3 is 3.07 bits per heavy atom. The number of rotatable bonds is 3. The Hall–Kier alpha value is -1.51. The Labute approximate surface area is 85.4 Å². The summed E-state index contributed by atoms with van der Waals surface area (Å²) in [6.45, 7) is 0.197. The van der Waals surface area contributed by atoms with E-state index in [0.717, 1.165) is 0 Å². The molecule has 3 nitrogen and oxygen atoms in total. The van der Waals surface area contributed by atoms with E-state index < -0.39 is 5.82 Å². The van der Waals surface area contributed by atoms with Crippen LogP contribution in [0.1, 0.15) is 5.56 Å². The van der Waals surface area contributed by atoms with Crippen molar-refractivity contribution in [3.63, 3.8) is 0 Å². The monoisotopic (exact) mass is 211 g/mol. The van der Waals surface area contributed by atoms with E-state index >= 15 is 0 Å². The van der Waals surface area contributed by atoms with E-state index in [0.29, 0.717) is 5.56 Å². The minimum atomic E-state index is -0.466. The molecule has 0 unspecified atom stereocenters. The lowest BCUT2D eigenvalue weighted by Gasteiger charge is -1.97. The number of nitrogens with zero attached hydrogens (tertiary/aromatic N) is 3. The zero-order chi connectivity index (χ0) is 10.4. The van der Waals surface area contributed by atoms with Gasteiger partial charge in [0.05, 0.1) is 5.02 Å². The SMILES string of the molecule is [N-]=[N+]=NCC=Cc1cccc(Cl)c1F. The van der Waals surface area contributed by atoms with Crippen LogP contribution in [-0.4, -0.2) is 6.54 Å². The molecule has 0 saturated heterocycles. The number of benzene rings is 1. The first-order valence-corrected chi connectivity index (χ1v) is 4.25. The molecular formula is C9H7ClFN3. The van der Waals surface area contributed by atoms with Crippen molar-refractivity contribution in [2.45, 2.75) is 0 Å². The van der Waals surface area contributed by atoms with Gasteiger partial charge in [-0.2, -0.15) is 0 Å². The molecule has 0 aliphatic carbocycles. The average molecular weight is 212 g/mol. The molecule has 72 valence electrons. The van der Waals surface area contributed by atoms with Crippen molar-refractivity contribution in [1.29, 1.82) is 0 Å². The molecule has 0 spiro atoms. The molecular weight excluding hydrogens is 205 g/mol. The van der Waals surface area contributed by atoms with Gasteiger partial charge in [0.1, 0.15) is 5.82 Å². The van der Waals surface area contributed by atoms with Crippen molar-refractivity contribution in [3.8, 4) is 0 Å². The van der Waals surface area contributed by atoms with Crippen LogP contribution in [0.4, 0.5) is 4.39 Å². The van der Waals surface area contributed by atoms with E-state index in [-0.39, 0.29) is 11.6 Å². The van der Waals surface area contributed by atoms with Crippen LogP contribution in [0.5, 0.6) is 0 Å². The molecule has 0 aromatic heterocycles. The van der Waals surface area contributed by atoms with Gasteiger partial charge in [-0.15, -0.1) is 0 Å². The Kier molecular flexibility index (Phi) is 3.98. The molecule has 5 heteroatoms. The van der Waals surface area contributed by atoms with Gasteiger partial charge >= 0.3 is 0 Å². The first-order valence-electron chi connectivity index (χ1n) is 3.87. The molecule has 0 bridgehead atoms. The summed E-state index contributed by atoms with van der Waals surface area (Å²) in [7, 11) is 0. The van der Waals surface area contributed by atoms with Crippen LogP contribution in [0.3, 0.4) is 0 Å². The summed E-state index contributed by atoms with van der Waals surface area (Å²) in [6.07, 6.45) is 3.09. The average Bonchev–Trinajstić information content (AvgIpc) is 2.19. The Balaban J connectivity index is 2.81. The molecule has 0 radical (unpaired) electrons. The first-order chi connectivity index (χ1) is 6.75. The van der Waals surface area contributed by atoms with E-state index in [2.05, 4.69) is 10.0 Å². The van der Waals surface area contributed by atoms with Crippen molar-refractivity contribution in [1.82, 2.24) is 0 Å². The van der Waals surface area contributed by atoms with Gasteiger partial charge in [-0.05, 0) is 11.6 Å². The normalized spacial score (nSPS) is 10.1. The molecule has 0 amide bonds. The summed E-state index contributed by atoms with van der Waals surface area (Å²) in [6, 6.07) is 4.72. The summed E-state index contributed by atoms with van der Waals surface area (Å²) in [5.41, 5.74) is 8.37. The van der Waals surface area contributed by atoms with Crippen molar-refractivity contribution in [2.24, 2.45) is 5.11 Å². The molecule has 1 rings (SSSR count). The minimum Gasteiger partial charge on any atom is -0.205 e. The molecule has 14 heavy (non-hydrogen) atoms. The Morgan fingerprint density at radius 2 is 2.36 bits per heavy atom. The molecule has 0 N–H and O–H groups in total. The van der Waals surface area contributed by atoms with Crippen molar-refractivity contribution < 1.29 is 4.39 Å². The number of halogens is 2. The fraction of sp³-hybridized carbons (Fsp3) is 0.111. The largest absolute Gasteiger partial charge is 0.205 e. The molecule has 0 aliphatic heterocycles. The molecule has 0 heterocycles. The highest BCUT2D eigenvalue weighted by atomic mass is 35.5. The first kappa shape index (κ1) is 10.6. The fourth-order valence-corrected chi connectivity index (χ4v) is 1.09. The Bertz CT molecular complexity index is 397.